The van der Waals surface area contributed by atoms with Crippen LogP contribution in [-0.4, -0.2) is 5.43 Å². The van der Waals surface area contributed by atoms with Crippen molar-refractivity contribution < 1.29 is 45.2 Å². The summed E-state index contributed by atoms with van der Waals surface area (Å²) in [5.74, 6) is 0. The van der Waals surface area contributed by atoms with E-state index < -0.39 is 25.8 Å². The van der Waals surface area contributed by atoms with Crippen LogP contribution in [0.25, 0.3) is 49.4 Å². The number of hydrogen-bond donors (Lipinski definition) is 0. The van der Waals surface area contributed by atoms with Crippen LogP contribution in [-0.2, 0) is 31.2 Å². The number of allylic oxidation sites excluding steroid dienone is 2. The van der Waals surface area contributed by atoms with Crippen molar-refractivity contribution in [3.63, 3.8) is 0 Å². The van der Waals surface area contributed by atoms with Crippen molar-refractivity contribution in [3.8, 4) is 22.3 Å². The SMILES string of the molecule is CC1=C[CH]([Zr+2]([CH]2c3cc(C(C)(C)C)ccc3-c3ccc(C(C)(C)C)cc32)=[Si](c2ccccc2)c2ccccc2)c2cccc(-c3cc4ccccc4c4ccccc34)c21.[Cl-].[Cl-]. The smallest absolute Gasteiger partial charge is 1.00 e. The monoisotopic (exact) mass is 924 g/mol. The average molecular weight is 927 g/mol. The Balaban J connectivity index is 0.00000257. The second-order valence-corrected chi connectivity index (χ2v) is 33.1. The van der Waals surface area contributed by atoms with Crippen molar-refractivity contribution >= 4 is 42.9 Å². The molecule has 0 fully saturated rings. The van der Waals surface area contributed by atoms with Gasteiger partial charge in [0.1, 0.15) is 0 Å². The number of fused-ring (bicyclic) bond motifs is 7. The molecule has 2 aliphatic carbocycles. The zero-order valence-corrected chi connectivity index (χ0v) is 41.1. The summed E-state index contributed by atoms with van der Waals surface area (Å²) in [4.78, 5) is 0. The van der Waals surface area contributed by atoms with Gasteiger partial charge in [-0.1, -0.05) is 0 Å². The standard InChI is InChI=1S/C24H17.C21H25.C12H10Si.2ClH.Zr/c1-16-13-14-17-8-6-12-22(24(16)17)23-15-18-7-2-3-9-19(18)20-10-4-5-11-21(20)23;1-20(2,3)16-7-9-18-14(12-16)11-15-13-17(21(4,5)6)8-10-19(15)18;1-3-7-11(8-4-1)13-12-9-5-2-6-10-12;;;/h2-15H,1H3;7-13H,1-6H3;1-10H;2*1H;/q;;;;;+2/p-2. The third kappa shape index (κ3) is 7.57. The molecule has 8 aromatic rings. The molecule has 0 nitrogen and oxygen atoms in total. The van der Waals surface area contributed by atoms with Gasteiger partial charge in [0.2, 0.25) is 0 Å². The summed E-state index contributed by atoms with van der Waals surface area (Å²) in [7, 11) is 0. The molecule has 0 spiro atoms. The van der Waals surface area contributed by atoms with Crippen LogP contribution in [0.4, 0.5) is 0 Å². The van der Waals surface area contributed by atoms with E-state index in [1.165, 1.54) is 66.1 Å². The van der Waals surface area contributed by atoms with Gasteiger partial charge in [-0.05, 0) is 0 Å². The van der Waals surface area contributed by atoms with Gasteiger partial charge in [-0.25, -0.2) is 0 Å². The molecule has 8 aromatic carbocycles. The van der Waals surface area contributed by atoms with Gasteiger partial charge in [0.05, 0.1) is 0 Å². The summed E-state index contributed by atoms with van der Waals surface area (Å²) in [6.45, 7) is 16.7. The van der Waals surface area contributed by atoms with E-state index in [1.54, 1.807) is 27.1 Å². The molecule has 0 radical (unpaired) electrons. The Kier molecular flexibility index (Phi) is 11.9. The van der Waals surface area contributed by atoms with Crippen LogP contribution < -0.4 is 35.2 Å². The molecule has 0 heterocycles. The summed E-state index contributed by atoms with van der Waals surface area (Å²) in [5.41, 5.74) is 15.0. The van der Waals surface area contributed by atoms with Crippen LogP contribution in [0.1, 0.15) is 89.1 Å². The molecule has 0 aromatic heterocycles. The van der Waals surface area contributed by atoms with Crippen molar-refractivity contribution in [2.24, 2.45) is 0 Å². The number of rotatable bonds is 5. The third-order valence-electron chi connectivity index (χ3n) is 13.1. The second-order valence-electron chi connectivity index (χ2n) is 18.9. The molecular formula is C57H52Cl2SiZr. The van der Waals surface area contributed by atoms with E-state index in [0.717, 1.165) is 0 Å². The Bertz CT molecular complexity index is 2920. The summed E-state index contributed by atoms with van der Waals surface area (Å²) >= 11 is -2.92. The van der Waals surface area contributed by atoms with E-state index in [2.05, 4.69) is 224 Å². The molecule has 4 heteroatoms. The Morgan fingerprint density at radius 1 is 0.443 bits per heavy atom. The zero-order valence-electron chi connectivity index (χ0n) is 36.2. The van der Waals surface area contributed by atoms with E-state index in [9.17, 15) is 0 Å². The first-order valence-corrected chi connectivity index (χ1v) is 29.4. The van der Waals surface area contributed by atoms with Gasteiger partial charge in [0, 0.05) is 0 Å². The average Bonchev–Trinajstić information content (AvgIpc) is 3.76. The fourth-order valence-corrected chi connectivity index (χ4v) is 34.0. The molecule has 0 N–H and O–H groups in total. The molecule has 302 valence electrons. The van der Waals surface area contributed by atoms with Gasteiger partial charge in [-0.2, -0.15) is 0 Å². The Labute approximate surface area is 383 Å². The van der Waals surface area contributed by atoms with E-state index in [4.69, 9.17) is 0 Å². The third-order valence-corrected chi connectivity index (χ3v) is 33.4. The van der Waals surface area contributed by atoms with Gasteiger partial charge in [0.15, 0.2) is 0 Å². The van der Waals surface area contributed by atoms with Crippen LogP contribution in [0.5, 0.6) is 0 Å². The molecule has 0 aliphatic heterocycles. The minimum absolute atomic E-state index is 0. The molecule has 10 rings (SSSR count). The molecule has 0 saturated heterocycles. The van der Waals surface area contributed by atoms with Gasteiger partial charge in [-0.15, -0.1) is 0 Å². The normalized spacial score (nSPS) is 14.3. The van der Waals surface area contributed by atoms with Crippen molar-refractivity contribution in [1.29, 1.82) is 0 Å². The van der Waals surface area contributed by atoms with Gasteiger partial charge in [0.25, 0.3) is 0 Å². The van der Waals surface area contributed by atoms with Crippen molar-refractivity contribution in [2.45, 2.75) is 66.5 Å². The van der Waals surface area contributed by atoms with E-state index in [0.29, 0.717) is 7.25 Å². The molecule has 0 saturated carbocycles. The van der Waals surface area contributed by atoms with E-state index in [1.807, 2.05) is 0 Å². The molecule has 0 bridgehead atoms. The van der Waals surface area contributed by atoms with Crippen LogP contribution >= 0.6 is 0 Å². The van der Waals surface area contributed by atoms with Gasteiger partial charge < -0.3 is 24.8 Å². The summed E-state index contributed by atoms with van der Waals surface area (Å²) < 4.78 is 0.792. The second kappa shape index (κ2) is 16.8. The predicted molar refractivity (Wildman–Crippen MR) is 252 cm³/mol. The van der Waals surface area contributed by atoms with Crippen LogP contribution in [0.3, 0.4) is 0 Å². The summed E-state index contributed by atoms with van der Waals surface area (Å²) in [6.07, 6.45) is 2.77. The topological polar surface area (TPSA) is 0 Å². The fraction of sp³-hybridized carbons (Fsp3) is 0.193. The van der Waals surface area contributed by atoms with Crippen LogP contribution in [0.2, 0.25) is 0 Å². The molecule has 61 heavy (non-hydrogen) atoms. The predicted octanol–water partition coefficient (Wildman–Crippen LogP) is 7.92. The summed E-state index contributed by atoms with van der Waals surface area (Å²) in [6, 6.07) is 66.3. The largest absolute Gasteiger partial charge is 1.00 e. The first kappa shape index (κ1) is 43.4. The quantitative estimate of drug-likeness (QED) is 0.122. The van der Waals surface area contributed by atoms with E-state index >= 15 is 0 Å². The maximum Gasteiger partial charge on any atom is -1.00 e. The number of benzene rings is 8. The maximum absolute atomic E-state index is 2.92. The van der Waals surface area contributed by atoms with Gasteiger partial charge >= 0.3 is 361 Å². The first-order chi connectivity index (χ1) is 28.5. The molecule has 1 unspecified atom stereocenters. The number of halogens is 2. The van der Waals surface area contributed by atoms with Crippen molar-refractivity contribution in [2.75, 3.05) is 0 Å². The molecule has 2 aliphatic rings. The van der Waals surface area contributed by atoms with E-state index in [-0.39, 0.29) is 35.6 Å². The van der Waals surface area contributed by atoms with Crippen molar-refractivity contribution in [1.82, 2.24) is 0 Å². The Morgan fingerprint density at radius 2 is 0.951 bits per heavy atom. The van der Waals surface area contributed by atoms with Crippen LogP contribution in [0.15, 0.2) is 176 Å². The first-order valence-electron chi connectivity index (χ1n) is 21.3. The maximum atomic E-state index is 2.77. The van der Waals surface area contributed by atoms with Crippen LogP contribution in [0, 0.1) is 0 Å². The Hall–Kier alpha value is -4.30. The molecular weight excluding hydrogens is 875 g/mol. The summed E-state index contributed by atoms with van der Waals surface area (Å²) in [5, 5.41) is 8.39. The van der Waals surface area contributed by atoms with Gasteiger partial charge in [-0.3, -0.25) is 0 Å². The molecule has 0 amide bonds. The van der Waals surface area contributed by atoms with Crippen molar-refractivity contribution in [3.05, 3.63) is 209 Å². The molecule has 1 atom stereocenters. The zero-order chi connectivity index (χ0) is 40.6. The fourth-order valence-electron chi connectivity index (χ4n) is 10.2. The minimum Gasteiger partial charge on any atom is -1.00 e. The minimum atomic E-state index is -2.92. The number of hydrogen-bond acceptors (Lipinski definition) is 0. The Morgan fingerprint density at radius 3 is 1.51 bits per heavy atom.